The number of sulfonamides is 1. The van der Waals surface area contributed by atoms with E-state index in [1.807, 2.05) is 11.9 Å². The first-order valence-corrected chi connectivity index (χ1v) is 10.7. The maximum absolute atomic E-state index is 12.8. The van der Waals surface area contributed by atoms with E-state index in [9.17, 15) is 13.2 Å². The lowest BCUT2D eigenvalue weighted by molar-refractivity contribution is 0.102. The van der Waals surface area contributed by atoms with Gasteiger partial charge in [0.15, 0.2) is 0 Å². The molecule has 1 saturated heterocycles. The van der Waals surface area contributed by atoms with E-state index in [1.165, 1.54) is 30.5 Å². The first-order chi connectivity index (χ1) is 13.3. The number of carbonyl (C=O) groups is 1. The fourth-order valence-corrected chi connectivity index (χ4v) is 4.23. The second kappa shape index (κ2) is 8.70. The summed E-state index contributed by atoms with van der Waals surface area (Å²) in [5.74, 6) is 0.159. The summed E-state index contributed by atoms with van der Waals surface area (Å²) in [4.78, 5) is 18.1. The van der Waals surface area contributed by atoms with Gasteiger partial charge in [0.25, 0.3) is 15.9 Å². The molecule has 28 heavy (non-hydrogen) atoms. The van der Waals surface area contributed by atoms with E-state index in [1.54, 1.807) is 12.1 Å². The molecule has 1 fully saturated rings. The molecule has 0 bridgehead atoms. The van der Waals surface area contributed by atoms with Gasteiger partial charge in [-0.3, -0.25) is 4.79 Å². The number of nitrogens with zero attached hydrogens (tertiary/aromatic N) is 3. The number of rotatable bonds is 4. The number of likely N-dealkylation sites (tertiary alicyclic amines) is 1. The summed E-state index contributed by atoms with van der Waals surface area (Å²) in [5.41, 5.74) is 0.682. The van der Waals surface area contributed by atoms with Gasteiger partial charge < -0.3 is 10.2 Å². The Kier molecular flexibility index (Phi) is 6.31. The highest BCUT2D eigenvalue weighted by atomic mass is 35.5. The quantitative estimate of drug-likeness (QED) is 0.763. The van der Waals surface area contributed by atoms with Gasteiger partial charge in [-0.2, -0.15) is 8.42 Å². The number of hydrogen-bond donors (Lipinski definition) is 1. The van der Waals surface area contributed by atoms with E-state index in [-0.39, 0.29) is 10.0 Å². The number of nitrogens with one attached hydrogen (secondary N) is 1. The maximum atomic E-state index is 12.8. The van der Waals surface area contributed by atoms with E-state index in [2.05, 4.69) is 14.7 Å². The molecule has 1 amide bonds. The van der Waals surface area contributed by atoms with E-state index >= 15 is 0 Å². The minimum Gasteiger partial charge on any atom is -0.362 e. The molecule has 0 spiro atoms. The molecule has 2 heterocycles. The summed E-state index contributed by atoms with van der Waals surface area (Å²) in [6.45, 7) is 0.791. The van der Waals surface area contributed by atoms with Gasteiger partial charge in [0, 0.05) is 37.5 Å². The number of amidine groups is 1. The lowest BCUT2D eigenvalue weighted by atomic mass is 10.2. The molecule has 0 radical (unpaired) electrons. The summed E-state index contributed by atoms with van der Waals surface area (Å²) in [7, 11) is -2.02. The smallest absolute Gasteiger partial charge is 0.284 e. The molecule has 2 aromatic rings. The minimum atomic E-state index is -3.87. The van der Waals surface area contributed by atoms with Gasteiger partial charge >= 0.3 is 0 Å². The highest BCUT2D eigenvalue weighted by Gasteiger charge is 2.19. The third-order valence-corrected chi connectivity index (χ3v) is 5.95. The van der Waals surface area contributed by atoms with Crippen LogP contribution in [0.4, 0.5) is 5.69 Å². The number of anilines is 1. The number of hydrogen-bond acceptors (Lipinski definition) is 4. The summed E-state index contributed by atoms with van der Waals surface area (Å²) in [5, 5.41) is 2.87. The van der Waals surface area contributed by atoms with Crippen LogP contribution in [0.2, 0.25) is 5.15 Å². The lowest BCUT2D eigenvalue weighted by Crippen LogP contribution is -2.26. The normalized spacial score (nSPS) is 16.6. The van der Waals surface area contributed by atoms with Gasteiger partial charge in [-0.25, -0.2) is 4.98 Å². The summed E-state index contributed by atoms with van der Waals surface area (Å²) < 4.78 is 29.6. The van der Waals surface area contributed by atoms with Gasteiger partial charge in [0.1, 0.15) is 11.0 Å². The molecule has 0 unspecified atom stereocenters. The fraction of sp³-hybridized carbons (Fsp3) is 0.316. The Hall–Kier alpha value is -2.45. The van der Waals surface area contributed by atoms with Crippen molar-refractivity contribution in [3.05, 3.63) is 53.3 Å². The molecule has 1 aliphatic heterocycles. The second-order valence-corrected chi connectivity index (χ2v) is 8.56. The zero-order valence-electron chi connectivity index (χ0n) is 15.4. The van der Waals surface area contributed by atoms with Crippen LogP contribution in [0.3, 0.4) is 0 Å². The Bertz CT molecular complexity index is 1010. The number of halogens is 1. The Morgan fingerprint density at radius 1 is 1.21 bits per heavy atom. The van der Waals surface area contributed by atoms with Crippen LogP contribution in [0.25, 0.3) is 0 Å². The van der Waals surface area contributed by atoms with Gasteiger partial charge in [-0.15, -0.1) is 4.40 Å². The number of pyridine rings is 1. The Balaban J connectivity index is 1.83. The Morgan fingerprint density at radius 2 is 2.04 bits per heavy atom. The highest BCUT2D eigenvalue weighted by molar-refractivity contribution is 7.90. The van der Waals surface area contributed by atoms with Crippen LogP contribution in [0.5, 0.6) is 0 Å². The minimum absolute atomic E-state index is 0.0307. The molecule has 1 N–H and O–H groups in total. The van der Waals surface area contributed by atoms with E-state index in [4.69, 9.17) is 11.6 Å². The molecule has 1 aromatic heterocycles. The number of carbonyl (C=O) groups excluding carboxylic acids is 1. The predicted octanol–water partition coefficient (Wildman–Crippen LogP) is 3.58. The van der Waals surface area contributed by atoms with Crippen molar-refractivity contribution in [2.24, 2.45) is 4.40 Å². The molecule has 0 atom stereocenters. The van der Waals surface area contributed by atoms with Crippen LogP contribution in [-0.2, 0) is 10.0 Å². The van der Waals surface area contributed by atoms with E-state index in [0.29, 0.717) is 23.5 Å². The lowest BCUT2D eigenvalue weighted by Gasteiger charge is -2.17. The van der Waals surface area contributed by atoms with E-state index in [0.717, 1.165) is 25.8 Å². The van der Waals surface area contributed by atoms with Crippen molar-refractivity contribution in [1.82, 2.24) is 9.88 Å². The molecular weight excluding hydrogens is 400 g/mol. The average molecular weight is 421 g/mol. The number of benzene rings is 1. The average Bonchev–Trinajstić information content (AvgIpc) is 2.86. The van der Waals surface area contributed by atoms with Crippen molar-refractivity contribution in [3.63, 3.8) is 0 Å². The second-order valence-electron chi connectivity index (χ2n) is 6.56. The molecule has 0 aliphatic carbocycles. The van der Waals surface area contributed by atoms with Gasteiger partial charge in [-0.05, 0) is 43.2 Å². The van der Waals surface area contributed by atoms with Gasteiger partial charge in [0.2, 0.25) is 0 Å². The third-order valence-electron chi connectivity index (χ3n) is 4.44. The van der Waals surface area contributed by atoms with Crippen LogP contribution >= 0.6 is 11.6 Å². The Morgan fingerprint density at radius 3 is 2.82 bits per heavy atom. The predicted molar refractivity (Wildman–Crippen MR) is 109 cm³/mol. The molecule has 148 valence electrons. The fourth-order valence-electron chi connectivity index (χ4n) is 2.92. The molecule has 9 heteroatoms. The molecule has 1 aliphatic rings. The summed E-state index contributed by atoms with van der Waals surface area (Å²) >= 11 is 5.80. The van der Waals surface area contributed by atoms with Crippen LogP contribution in [0.1, 0.15) is 36.0 Å². The summed E-state index contributed by atoms with van der Waals surface area (Å²) in [6.07, 6.45) is 5.07. The third kappa shape index (κ3) is 5.08. The number of aromatic nitrogens is 1. The maximum Gasteiger partial charge on any atom is 0.284 e. The molecule has 0 saturated carbocycles. The van der Waals surface area contributed by atoms with Crippen molar-refractivity contribution >= 4 is 39.1 Å². The van der Waals surface area contributed by atoms with Crippen LogP contribution in [0, 0.1) is 0 Å². The Labute approximate surface area is 169 Å². The van der Waals surface area contributed by atoms with E-state index < -0.39 is 15.9 Å². The standard InChI is InChI=1S/C19H21ClN4O3S/c1-24-11-4-2-3-8-18(24)23-28(26,27)16-7-5-6-15(13-16)22-19(25)14-9-10-21-17(20)12-14/h5-7,9-10,12-13H,2-4,8,11H2,1H3,(H,22,25)/b23-18+. The van der Waals surface area contributed by atoms with Gasteiger partial charge in [0.05, 0.1) is 4.90 Å². The van der Waals surface area contributed by atoms with Crippen LogP contribution in [0.15, 0.2) is 51.9 Å². The molecular formula is C19H21ClN4O3S. The van der Waals surface area contributed by atoms with Crippen LogP contribution in [-0.4, -0.2) is 43.6 Å². The van der Waals surface area contributed by atoms with Crippen molar-refractivity contribution in [3.8, 4) is 0 Å². The van der Waals surface area contributed by atoms with Crippen molar-refractivity contribution in [1.29, 1.82) is 0 Å². The van der Waals surface area contributed by atoms with Crippen molar-refractivity contribution < 1.29 is 13.2 Å². The zero-order valence-corrected chi connectivity index (χ0v) is 17.0. The van der Waals surface area contributed by atoms with Gasteiger partial charge in [-0.1, -0.05) is 24.1 Å². The summed E-state index contributed by atoms with van der Waals surface area (Å²) in [6, 6.07) is 9.01. The first-order valence-electron chi connectivity index (χ1n) is 8.93. The van der Waals surface area contributed by atoms with Crippen molar-refractivity contribution in [2.75, 3.05) is 18.9 Å². The van der Waals surface area contributed by atoms with Crippen molar-refractivity contribution in [2.45, 2.75) is 30.6 Å². The number of amides is 1. The SMILES string of the molecule is CN1CCCCC/C1=N\S(=O)(=O)c1cccc(NC(=O)c2ccnc(Cl)c2)c1. The monoisotopic (exact) mass is 420 g/mol. The largest absolute Gasteiger partial charge is 0.362 e. The molecule has 3 rings (SSSR count). The molecule has 7 nitrogen and oxygen atoms in total. The topological polar surface area (TPSA) is 91.7 Å². The van der Waals surface area contributed by atoms with Crippen LogP contribution < -0.4 is 5.32 Å². The zero-order chi connectivity index (χ0) is 20.1. The highest BCUT2D eigenvalue weighted by Crippen LogP contribution is 2.21. The first kappa shape index (κ1) is 20.3. The molecule has 1 aromatic carbocycles.